The van der Waals surface area contributed by atoms with Crippen LogP contribution in [0, 0.1) is 5.82 Å². The zero-order valence-electron chi connectivity index (χ0n) is 9.20. The lowest BCUT2D eigenvalue weighted by Crippen LogP contribution is -2.43. The smallest absolute Gasteiger partial charge is 0.142 e. The molecule has 0 spiro atoms. The van der Waals surface area contributed by atoms with Crippen molar-refractivity contribution in [1.82, 2.24) is 5.32 Å². The molecule has 2 rings (SSSR count). The number of halogens is 2. The number of methoxy groups -OCH3 is 1. The predicted molar refractivity (Wildman–Crippen MR) is 65.3 cm³/mol. The molecule has 1 aromatic carbocycles. The standard InChI is InChI=1S/C11H15FN2O.ClH/c1-15-11-3-2-9(12)8-10(11)14-6-4-13-5-7-14;/h2-3,8,13H,4-7H2,1H3;1H. The molecule has 3 nitrogen and oxygen atoms in total. The van der Waals surface area contributed by atoms with Crippen LogP contribution in [0.5, 0.6) is 5.75 Å². The molecule has 16 heavy (non-hydrogen) atoms. The second-order valence-electron chi connectivity index (χ2n) is 3.55. The molecule has 0 saturated carbocycles. The second kappa shape index (κ2) is 5.92. The van der Waals surface area contributed by atoms with Gasteiger partial charge in [-0.25, -0.2) is 4.39 Å². The number of nitrogens with one attached hydrogen (secondary N) is 1. The van der Waals surface area contributed by atoms with Crippen molar-refractivity contribution in [2.24, 2.45) is 0 Å². The summed E-state index contributed by atoms with van der Waals surface area (Å²) >= 11 is 0. The summed E-state index contributed by atoms with van der Waals surface area (Å²) in [5.74, 6) is 0.516. The third-order valence-corrected chi connectivity index (χ3v) is 2.60. The van der Waals surface area contributed by atoms with Gasteiger partial charge < -0.3 is 15.0 Å². The van der Waals surface area contributed by atoms with Gasteiger partial charge >= 0.3 is 0 Å². The maximum absolute atomic E-state index is 13.1. The lowest BCUT2D eigenvalue weighted by Gasteiger charge is -2.30. The van der Waals surface area contributed by atoms with Gasteiger partial charge in [0.05, 0.1) is 12.8 Å². The predicted octanol–water partition coefficient (Wildman–Crippen LogP) is 1.67. The van der Waals surface area contributed by atoms with Gasteiger partial charge in [-0.05, 0) is 12.1 Å². The summed E-state index contributed by atoms with van der Waals surface area (Å²) in [5, 5.41) is 3.26. The Hall–Kier alpha value is -1.00. The third-order valence-electron chi connectivity index (χ3n) is 2.60. The summed E-state index contributed by atoms with van der Waals surface area (Å²) in [7, 11) is 1.61. The summed E-state index contributed by atoms with van der Waals surface area (Å²) < 4.78 is 18.4. The average Bonchev–Trinajstić information content (AvgIpc) is 2.30. The molecular formula is C11H16ClFN2O. The van der Waals surface area contributed by atoms with Gasteiger partial charge in [-0.2, -0.15) is 0 Å². The van der Waals surface area contributed by atoms with Crippen molar-refractivity contribution >= 4 is 18.1 Å². The number of benzene rings is 1. The van der Waals surface area contributed by atoms with Crippen LogP contribution in [-0.4, -0.2) is 33.3 Å². The highest BCUT2D eigenvalue weighted by Gasteiger charge is 2.15. The molecule has 0 radical (unpaired) electrons. The quantitative estimate of drug-likeness (QED) is 0.859. The summed E-state index contributed by atoms with van der Waals surface area (Å²) in [5.41, 5.74) is 0.846. The van der Waals surface area contributed by atoms with Crippen molar-refractivity contribution in [3.63, 3.8) is 0 Å². The maximum Gasteiger partial charge on any atom is 0.142 e. The molecule has 0 atom stereocenters. The van der Waals surface area contributed by atoms with Crippen molar-refractivity contribution in [2.75, 3.05) is 38.2 Å². The largest absolute Gasteiger partial charge is 0.495 e. The maximum atomic E-state index is 13.1. The Balaban J connectivity index is 0.00000128. The molecule has 0 bridgehead atoms. The molecule has 0 aliphatic carbocycles. The van der Waals surface area contributed by atoms with E-state index in [2.05, 4.69) is 10.2 Å². The number of piperazine rings is 1. The van der Waals surface area contributed by atoms with E-state index in [0.29, 0.717) is 0 Å². The molecule has 0 unspecified atom stereocenters. The van der Waals surface area contributed by atoms with Crippen LogP contribution in [0.2, 0.25) is 0 Å². The first kappa shape index (κ1) is 13.1. The van der Waals surface area contributed by atoms with Crippen LogP contribution < -0.4 is 15.0 Å². The number of hydrogen-bond donors (Lipinski definition) is 1. The summed E-state index contributed by atoms with van der Waals surface area (Å²) in [6, 6.07) is 4.63. The molecule has 1 aliphatic heterocycles. The van der Waals surface area contributed by atoms with E-state index < -0.39 is 0 Å². The number of rotatable bonds is 2. The summed E-state index contributed by atoms with van der Waals surface area (Å²) in [4.78, 5) is 2.14. The monoisotopic (exact) mass is 246 g/mol. The molecule has 0 amide bonds. The van der Waals surface area contributed by atoms with Crippen LogP contribution >= 0.6 is 12.4 Å². The molecular weight excluding hydrogens is 231 g/mol. The van der Waals surface area contributed by atoms with E-state index in [1.165, 1.54) is 12.1 Å². The Morgan fingerprint density at radius 2 is 2.00 bits per heavy atom. The van der Waals surface area contributed by atoms with Crippen LogP contribution in [-0.2, 0) is 0 Å². The highest BCUT2D eigenvalue weighted by atomic mass is 35.5. The second-order valence-corrected chi connectivity index (χ2v) is 3.55. The van der Waals surface area contributed by atoms with Crippen molar-refractivity contribution in [3.8, 4) is 5.75 Å². The van der Waals surface area contributed by atoms with Gasteiger partial charge in [0.25, 0.3) is 0 Å². The number of anilines is 1. The average molecular weight is 247 g/mol. The van der Waals surface area contributed by atoms with E-state index in [0.717, 1.165) is 37.6 Å². The van der Waals surface area contributed by atoms with Crippen LogP contribution in [0.15, 0.2) is 18.2 Å². The highest BCUT2D eigenvalue weighted by Crippen LogP contribution is 2.28. The molecule has 90 valence electrons. The van der Waals surface area contributed by atoms with E-state index in [4.69, 9.17) is 4.74 Å². The fourth-order valence-electron chi connectivity index (χ4n) is 1.82. The van der Waals surface area contributed by atoms with Crippen molar-refractivity contribution in [2.45, 2.75) is 0 Å². The molecule has 1 N–H and O–H groups in total. The van der Waals surface area contributed by atoms with E-state index in [1.807, 2.05) is 0 Å². The number of nitrogens with zero attached hydrogens (tertiary/aromatic N) is 1. The first-order valence-corrected chi connectivity index (χ1v) is 5.10. The van der Waals surface area contributed by atoms with Gasteiger partial charge in [0.2, 0.25) is 0 Å². The summed E-state index contributed by atoms with van der Waals surface area (Å²) in [6.45, 7) is 3.64. The molecule has 1 heterocycles. The number of ether oxygens (including phenoxy) is 1. The third kappa shape index (κ3) is 2.77. The van der Waals surface area contributed by atoms with Crippen molar-refractivity contribution in [1.29, 1.82) is 0 Å². The Morgan fingerprint density at radius 3 is 2.62 bits per heavy atom. The van der Waals surface area contributed by atoms with Gasteiger partial charge in [-0.3, -0.25) is 0 Å². The zero-order valence-corrected chi connectivity index (χ0v) is 10.0. The SMILES string of the molecule is COc1ccc(F)cc1N1CCNCC1.Cl. The van der Waals surface area contributed by atoms with Gasteiger partial charge in [-0.1, -0.05) is 0 Å². The van der Waals surface area contributed by atoms with Crippen LogP contribution in [0.3, 0.4) is 0 Å². The zero-order chi connectivity index (χ0) is 10.7. The first-order chi connectivity index (χ1) is 7.31. The van der Waals surface area contributed by atoms with E-state index >= 15 is 0 Å². The summed E-state index contributed by atoms with van der Waals surface area (Å²) in [6.07, 6.45) is 0. The fourth-order valence-corrected chi connectivity index (χ4v) is 1.82. The number of hydrogen-bond acceptors (Lipinski definition) is 3. The minimum Gasteiger partial charge on any atom is -0.495 e. The van der Waals surface area contributed by atoms with E-state index in [9.17, 15) is 4.39 Å². The minimum atomic E-state index is -0.218. The van der Waals surface area contributed by atoms with Gasteiger partial charge in [0.1, 0.15) is 11.6 Å². The minimum absolute atomic E-state index is 0. The van der Waals surface area contributed by atoms with Crippen LogP contribution in [0.25, 0.3) is 0 Å². The van der Waals surface area contributed by atoms with E-state index in [-0.39, 0.29) is 18.2 Å². The van der Waals surface area contributed by atoms with Crippen molar-refractivity contribution in [3.05, 3.63) is 24.0 Å². The lowest BCUT2D eigenvalue weighted by molar-refractivity contribution is 0.412. The molecule has 1 aliphatic rings. The van der Waals surface area contributed by atoms with Crippen LogP contribution in [0.1, 0.15) is 0 Å². The molecule has 1 saturated heterocycles. The van der Waals surface area contributed by atoms with Crippen LogP contribution in [0.4, 0.5) is 10.1 Å². The van der Waals surface area contributed by atoms with Gasteiger partial charge in [0.15, 0.2) is 0 Å². The normalized spacial score (nSPS) is 15.5. The Bertz CT molecular complexity index is 343. The fraction of sp³-hybridized carbons (Fsp3) is 0.455. The highest BCUT2D eigenvalue weighted by molar-refractivity contribution is 5.85. The van der Waals surface area contributed by atoms with Gasteiger partial charge in [0, 0.05) is 32.2 Å². The molecule has 1 fully saturated rings. The van der Waals surface area contributed by atoms with E-state index in [1.54, 1.807) is 13.2 Å². The van der Waals surface area contributed by atoms with Gasteiger partial charge in [-0.15, -0.1) is 12.4 Å². The Morgan fingerprint density at radius 1 is 1.31 bits per heavy atom. The first-order valence-electron chi connectivity index (χ1n) is 5.10. The Labute approximate surface area is 101 Å². The lowest BCUT2D eigenvalue weighted by atomic mass is 10.2. The molecule has 0 aromatic heterocycles. The Kier molecular flexibility index (Phi) is 4.83. The molecule has 5 heteroatoms. The topological polar surface area (TPSA) is 24.5 Å². The molecule has 1 aromatic rings. The van der Waals surface area contributed by atoms with Crippen molar-refractivity contribution < 1.29 is 9.13 Å².